The van der Waals surface area contributed by atoms with E-state index >= 15 is 0 Å². The van der Waals surface area contributed by atoms with E-state index in [9.17, 15) is 0 Å². The number of halogens is 1. The van der Waals surface area contributed by atoms with Crippen LogP contribution in [0.4, 0.5) is 5.69 Å². The molecule has 3 nitrogen and oxygen atoms in total. The predicted octanol–water partition coefficient (Wildman–Crippen LogP) is 1.77. The molecule has 1 aromatic rings. The third-order valence-corrected chi connectivity index (χ3v) is 1.38. The molecule has 0 bridgehead atoms. The molecule has 0 saturated heterocycles. The van der Waals surface area contributed by atoms with E-state index in [0.717, 1.165) is 11.4 Å². The number of ether oxygens (including phenoxy) is 1. The van der Waals surface area contributed by atoms with Crippen LogP contribution in [0.5, 0.6) is 5.75 Å². The first-order chi connectivity index (χ1) is 5.38. The molecule has 0 aliphatic carbocycles. The van der Waals surface area contributed by atoms with Gasteiger partial charge in [-0.25, -0.2) is 0 Å². The Morgan fingerprint density at radius 3 is 2.73 bits per heavy atom. The molecule has 0 spiro atoms. The normalized spacial score (nSPS) is 9.27. The SMILES string of the molecule is COc1ccccc1NNCl. The zero-order valence-electron chi connectivity index (χ0n) is 6.10. The molecule has 0 radical (unpaired) electrons. The van der Waals surface area contributed by atoms with Gasteiger partial charge in [0.05, 0.1) is 12.8 Å². The molecule has 11 heavy (non-hydrogen) atoms. The molecule has 1 aromatic carbocycles. The van der Waals surface area contributed by atoms with Gasteiger partial charge >= 0.3 is 0 Å². The Kier molecular flexibility index (Phi) is 3.01. The van der Waals surface area contributed by atoms with E-state index in [1.807, 2.05) is 24.3 Å². The zero-order valence-corrected chi connectivity index (χ0v) is 6.85. The lowest BCUT2D eigenvalue weighted by Gasteiger charge is -2.07. The van der Waals surface area contributed by atoms with Gasteiger partial charge in [0, 0.05) is 0 Å². The second kappa shape index (κ2) is 4.05. The Bertz CT molecular complexity index is 229. The van der Waals surface area contributed by atoms with Crippen LogP contribution in [0.25, 0.3) is 0 Å². The third-order valence-electron chi connectivity index (χ3n) is 1.29. The van der Waals surface area contributed by atoms with Gasteiger partial charge in [-0.3, -0.25) is 0 Å². The van der Waals surface area contributed by atoms with E-state index in [1.54, 1.807) is 7.11 Å². The first-order valence-electron chi connectivity index (χ1n) is 3.13. The Morgan fingerprint density at radius 2 is 2.09 bits per heavy atom. The van der Waals surface area contributed by atoms with Gasteiger partial charge in [0.25, 0.3) is 0 Å². The van der Waals surface area contributed by atoms with Crippen molar-refractivity contribution in [2.45, 2.75) is 0 Å². The number of nitrogens with one attached hydrogen (secondary N) is 2. The largest absolute Gasteiger partial charge is 0.495 e. The molecule has 0 atom stereocenters. The molecule has 0 unspecified atom stereocenters. The van der Waals surface area contributed by atoms with Gasteiger partial charge < -0.3 is 10.2 Å². The molecule has 0 heterocycles. The fraction of sp³-hybridized carbons (Fsp3) is 0.143. The minimum absolute atomic E-state index is 0.751. The van der Waals surface area contributed by atoms with Crippen LogP contribution >= 0.6 is 11.8 Å². The Labute approximate surface area is 70.4 Å². The molecular formula is C7H9ClN2O. The molecule has 0 amide bonds. The van der Waals surface area contributed by atoms with E-state index in [1.165, 1.54) is 0 Å². The minimum atomic E-state index is 0.751. The van der Waals surface area contributed by atoms with Crippen molar-refractivity contribution < 1.29 is 4.74 Å². The van der Waals surface area contributed by atoms with Gasteiger partial charge in [0.2, 0.25) is 0 Å². The van der Waals surface area contributed by atoms with Crippen molar-refractivity contribution >= 4 is 17.5 Å². The van der Waals surface area contributed by atoms with Gasteiger partial charge in [-0.1, -0.05) is 12.1 Å². The number of para-hydroxylation sites is 2. The van der Waals surface area contributed by atoms with Gasteiger partial charge in [0.1, 0.15) is 5.75 Å². The fourth-order valence-electron chi connectivity index (χ4n) is 0.799. The predicted molar refractivity (Wildman–Crippen MR) is 45.6 cm³/mol. The van der Waals surface area contributed by atoms with Crippen LogP contribution in [0.1, 0.15) is 0 Å². The summed E-state index contributed by atoms with van der Waals surface area (Å²) in [6.07, 6.45) is 0. The summed E-state index contributed by atoms with van der Waals surface area (Å²) in [5, 5.41) is 0. The van der Waals surface area contributed by atoms with Crippen LogP contribution in [-0.2, 0) is 0 Å². The highest BCUT2D eigenvalue weighted by atomic mass is 35.5. The molecule has 0 aliphatic rings. The van der Waals surface area contributed by atoms with Gasteiger partial charge in [-0.05, 0) is 23.9 Å². The topological polar surface area (TPSA) is 33.3 Å². The molecule has 0 fully saturated rings. The number of hydrazine groups is 1. The smallest absolute Gasteiger partial charge is 0.143 e. The number of methoxy groups -OCH3 is 1. The van der Waals surface area contributed by atoms with Crippen molar-refractivity contribution in [2.24, 2.45) is 0 Å². The van der Waals surface area contributed by atoms with Crippen molar-refractivity contribution in [1.29, 1.82) is 0 Å². The van der Waals surface area contributed by atoms with Gasteiger partial charge in [-0.15, -0.1) is 4.94 Å². The minimum Gasteiger partial charge on any atom is -0.495 e. The van der Waals surface area contributed by atoms with Crippen molar-refractivity contribution in [3.05, 3.63) is 24.3 Å². The first-order valence-corrected chi connectivity index (χ1v) is 3.51. The highest BCUT2D eigenvalue weighted by molar-refractivity contribution is 6.14. The highest BCUT2D eigenvalue weighted by Gasteiger charge is 1.97. The Balaban J connectivity index is 2.83. The molecule has 4 heteroatoms. The lowest BCUT2D eigenvalue weighted by molar-refractivity contribution is 0.416. The average molecular weight is 173 g/mol. The van der Waals surface area contributed by atoms with Crippen LogP contribution < -0.4 is 15.1 Å². The summed E-state index contributed by atoms with van der Waals surface area (Å²) in [4.78, 5) is 2.30. The van der Waals surface area contributed by atoms with Crippen molar-refractivity contribution in [1.82, 2.24) is 4.94 Å². The van der Waals surface area contributed by atoms with Crippen molar-refractivity contribution in [2.75, 3.05) is 12.5 Å². The fourth-order valence-corrected chi connectivity index (χ4v) is 0.901. The molecule has 0 aliphatic heterocycles. The van der Waals surface area contributed by atoms with Gasteiger partial charge in [0.15, 0.2) is 0 Å². The van der Waals surface area contributed by atoms with Crippen molar-refractivity contribution in [3.63, 3.8) is 0 Å². The van der Waals surface area contributed by atoms with Crippen LogP contribution in [0.2, 0.25) is 0 Å². The summed E-state index contributed by atoms with van der Waals surface area (Å²) in [5.41, 5.74) is 3.53. The maximum atomic E-state index is 5.25. The quantitative estimate of drug-likeness (QED) is 0.539. The van der Waals surface area contributed by atoms with E-state index < -0.39 is 0 Å². The maximum Gasteiger partial charge on any atom is 0.143 e. The average Bonchev–Trinajstić information content (AvgIpc) is 2.06. The summed E-state index contributed by atoms with van der Waals surface area (Å²) >= 11 is 5.25. The Hall–Kier alpha value is -0.930. The molecule has 0 aromatic heterocycles. The summed E-state index contributed by atoms with van der Waals surface area (Å²) in [7, 11) is 1.61. The lowest BCUT2D eigenvalue weighted by Crippen LogP contribution is -2.09. The van der Waals surface area contributed by atoms with E-state index in [4.69, 9.17) is 16.5 Å². The summed E-state index contributed by atoms with van der Waals surface area (Å²) in [5.74, 6) is 0.751. The Morgan fingerprint density at radius 1 is 1.36 bits per heavy atom. The molecule has 1 rings (SSSR count). The zero-order chi connectivity index (χ0) is 8.10. The van der Waals surface area contributed by atoms with Crippen LogP contribution in [-0.4, -0.2) is 7.11 Å². The van der Waals surface area contributed by atoms with E-state index in [-0.39, 0.29) is 0 Å². The lowest BCUT2D eigenvalue weighted by atomic mass is 10.3. The summed E-state index contributed by atoms with van der Waals surface area (Å²) in [6.45, 7) is 0. The van der Waals surface area contributed by atoms with Gasteiger partial charge in [-0.2, -0.15) is 0 Å². The molecular weight excluding hydrogens is 164 g/mol. The van der Waals surface area contributed by atoms with Crippen LogP contribution in [0, 0.1) is 0 Å². The summed E-state index contributed by atoms with van der Waals surface area (Å²) in [6, 6.07) is 7.47. The monoisotopic (exact) mass is 172 g/mol. The second-order valence-corrected chi connectivity index (χ2v) is 2.11. The van der Waals surface area contributed by atoms with Crippen LogP contribution in [0.15, 0.2) is 24.3 Å². The highest BCUT2D eigenvalue weighted by Crippen LogP contribution is 2.21. The first kappa shape index (κ1) is 8.17. The molecule has 2 N–H and O–H groups in total. The third kappa shape index (κ3) is 2.00. The maximum absolute atomic E-state index is 5.25. The molecule has 0 saturated carbocycles. The summed E-state index contributed by atoms with van der Waals surface area (Å²) < 4.78 is 5.04. The van der Waals surface area contributed by atoms with E-state index in [2.05, 4.69) is 10.4 Å². The van der Waals surface area contributed by atoms with E-state index in [0.29, 0.717) is 0 Å². The number of benzene rings is 1. The number of hydrogen-bond acceptors (Lipinski definition) is 3. The number of anilines is 1. The van der Waals surface area contributed by atoms with Crippen LogP contribution in [0.3, 0.4) is 0 Å². The standard InChI is InChI=1S/C7H9ClN2O/c1-11-7-5-3-2-4-6(7)9-10-8/h2-5,9-10H,1H3. The number of rotatable bonds is 3. The van der Waals surface area contributed by atoms with Crippen molar-refractivity contribution in [3.8, 4) is 5.75 Å². The number of hydrogen-bond donors (Lipinski definition) is 2. The molecule has 60 valence electrons. The second-order valence-electron chi connectivity index (χ2n) is 1.92.